The van der Waals surface area contributed by atoms with Crippen molar-refractivity contribution in [3.63, 3.8) is 0 Å². The van der Waals surface area contributed by atoms with E-state index in [4.69, 9.17) is 68.7 Å². The molecule has 61 heavy (non-hydrogen) atoms. The summed E-state index contributed by atoms with van der Waals surface area (Å²) in [6.45, 7) is 4.54. The summed E-state index contributed by atoms with van der Waals surface area (Å²) < 4.78 is 0. The lowest BCUT2D eigenvalue weighted by Crippen LogP contribution is -2.06. The lowest BCUT2D eigenvalue weighted by atomic mass is 10.0. The van der Waals surface area contributed by atoms with Crippen LogP contribution in [0, 0.1) is 13.8 Å². The number of aryl methyl sites for hydroxylation is 2. The number of fused-ring (bicyclic) bond motifs is 4. The first kappa shape index (κ1) is 41.8. The molecule has 0 aliphatic rings. The second-order valence-corrected chi connectivity index (χ2v) is 15.6. The van der Waals surface area contributed by atoms with Gasteiger partial charge in [-0.3, -0.25) is 0 Å². The summed E-state index contributed by atoms with van der Waals surface area (Å²) in [5.41, 5.74) is 14.8. The van der Waals surface area contributed by atoms with Crippen LogP contribution in [0.25, 0.3) is 66.5 Å². The van der Waals surface area contributed by atoms with Crippen molar-refractivity contribution >= 4 is 108 Å². The van der Waals surface area contributed by atoms with Crippen molar-refractivity contribution in [3.05, 3.63) is 164 Å². The number of rotatable bonds is 6. The van der Waals surface area contributed by atoms with Crippen molar-refractivity contribution in [3.8, 4) is 22.5 Å². The number of imidazole rings is 1. The molecule has 16 heteroatoms. The first-order valence-corrected chi connectivity index (χ1v) is 20.7. The third kappa shape index (κ3) is 9.08. The number of aromatic nitrogens is 9. The van der Waals surface area contributed by atoms with Gasteiger partial charge in [0.1, 0.15) is 28.0 Å². The number of aromatic amines is 2. The van der Waals surface area contributed by atoms with Gasteiger partial charge in [-0.2, -0.15) is 0 Å². The fourth-order valence-corrected chi connectivity index (χ4v) is 7.91. The number of halogens is 5. The van der Waals surface area contributed by atoms with Gasteiger partial charge in [0, 0.05) is 51.2 Å². The Labute approximate surface area is 374 Å². The van der Waals surface area contributed by atoms with E-state index in [2.05, 4.69) is 51.3 Å². The molecular formula is C45H34Cl5N11. The average Bonchev–Trinajstić information content (AvgIpc) is 3.94. The van der Waals surface area contributed by atoms with E-state index in [1.807, 2.05) is 111 Å². The molecular weight excluding hydrogens is 872 g/mol. The zero-order chi connectivity index (χ0) is 42.6. The van der Waals surface area contributed by atoms with Crippen LogP contribution in [-0.4, -0.2) is 44.9 Å². The van der Waals surface area contributed by atoms with Crippen LogP contribution in [0.3, 0.4) is 0 Å². The molecule has 6 aromatic heterocycles. The van der Waals surface area contributed by atoms with E-state index in [-0.39, 0.29) is 0 Å². The van der Waals surface area contributed by atoms with Gasteiger partial charge in [0.25, 0.3) is 0 Å². The standard InChI is InChI=1S/C22H16Cl2N6.C16H12Cl2N2.C7H6ClN3/c1-12-28-21(20-22(29-12)27-11-26-20)25-10-14-9-13-5-4-8-17(24)19(13)30-18(14)15-6-2-3-7-16(15)23;17-13-6-2-1-5-12(13)15-11(9-19)8-10-4-3-7-14(18)16(10)20-15;1-4-10-6(8)5-2-3-9-7(5)11-4/h2-9,11H,10H2,1H3,(H2,25,26,27,28,29);1-8H,9,19H2;2-3H,1H3,(H,9,10,11). The zero-order valence-corrected chi connectivity index (χ0v) is 36.3. The molecule has 4 aromatic carbocycles. The molecule has 304 valence electrons. The monoisotopic (exact) mass is 903 g/mol. The fourth-order valence-electron chi connectivity index (χ4n) is 6.73. The smallest absolute Gasteiger partial charge is 0.183 e. The molecule has 5 N–H and O–H groups in total. The molecule has 0 amide bonds. The normalized spacial score (nSPS) is 11.1. The van der Waals surface area contributed by atoms with Gasteiger partial charge in [-0.1, -0.05) is 119 Å². The van der Waals surface area contributed by atoms with Gasteiger partial charge < -0.3 is 21.0 Å². The molecule has 0 radical (unpaired) electrons. The highest BCUT2D eigenvalue weighted by Gasteiger charge is 2.16. The second-order valence-electron chi connectivity index (χ2n) is 13.7. The lowest BCUT2D eigenvalue weighted by molar-refractivity contribution is 1.04. The molecule has 6 heterocycles. The Hall–Kier alpha value is -5.92. The maximum absolute atomic E-state index is 6.50. The number of benzene rings is 4. The molecule has 0 aliphatic heterocycles. The Bertz CT molecular complexity index is 3200. The van der Waals surface area contributed by atoms with Crippen molar-refractivity contribution in [2.45, 2.75) is 26.9 Å². The molecule has 10 aromatic rings. The molecule has 0 atom stereocenters. The highest BCUT2D eigenvalue weighted by molar-refractivity contribution is 6.36. The minimum atomic E-state index is 0.399. The van der Waals surface area contributed by atoms with Crippen LogP contribution in [-0.2, 0) is 13.1 Å². The van der Waals surface area contributed by atoms with Crippen LogP contribution < -0.4 is 11.1 Å². The summed E-state index contributed by atoms with van der Waals surface area (Å²) in [6.07, 6.45) is 3.41. The van der Waals surface area contributed by atoms with Gasteiger partial charge in [0.05, 0.1) is 44.2 Å². The van der Waals surface area contributed by atoms with E-state index in [9.17, 15) is 0 Å². The summed E-state index contributed by atoms with van der Waals surface area (Å²) in [6, 6.07) is 32.7. The molecule has 0 spiro atoms. The fraction of sp³-hybridized carbons (Fsp3) is 0.0889. The number of nitrogens with zero attached hydrogens (tertiary/aromatic N) is 7. The minimum Gasteiger partial charge on any atom is -0.364 e. The summed E-state index contributed by atoms with van der Waals surface area (Å²) >= 11 is 31.2. The van der Waals surface area contributed by atoms with Gasteiger partial charge in [0.15, 0.2) is 11.5 Å². The Kier molecular flexibility index (Phi) is 12.6. The number of hydrogen-bond acceptors (Lipinski definition) is 9. The third-order valence-corrected chi connectivity index (χ3v) is 11.1. The Morgan fingerprint density at radius 3 is 1.79 bits per heavy atom. The summed E-state index contributed by atoms with van der Waals surface area (Å²) in [5.74, 6) is 2.02. The lowest BCUT2D eigenvalue weighted by Gasteiger charge is -2.14. The van der Waals surface area contributed by atoms with Crippen LogP contribution in [0.4, 0.5) is 5.82 Å². The largest absolute Gasteiger partial charge is 0.364 e. The van der Waals surface area contributed by atoms with Crippen LogP contribution in [0.2, 0.25) is 25.2 Å². The van der Waals surface area contributed by atoms with E-state index in [0.29, 0.717) is 61.4 Å². The first-order chi connectivity index (χ1) is 29.6. The molecule has 11 nitrogen and oxygen atoms in total. The van der Waals surface area contributed by atoms with Crippen molar-refractivity contribution in [1.82, 2.24) is 44.9 Å². The summed E-state index contributed by atoms with van der Waals surface area (Å²) in [4.78, 5) is 36.9. The first-order valence-electron chi connectivity index (χ1n) is 18.8. The van der Waals surface area contributed by atoms with Gasteiger partial charge in [-0.25, -0.2) is 34.9 Å². The Morgan fingerprint density at radius 2 is 1.16 bits per heavy atom. The molecule has 0 bridgehead atoms. The minimum absolute atomic E-state index is 0.399. The maximum atomic E-state index is 6.50. The van der Waals surface area contributed by atoms with Crippen LogP contribution >= 0.6 is 58.0 Å². The number of hydrogen-bond donors (Lipinski definition) is 4. The zero-order valence-electron chi connectivity index (χ0n) is 32.5. The maximum Gasteiger partial charge on any atom is 0.183 e. The quantitative estimate of drug-likeness (QED) is 0.119. The number of anilines is 1. The molecule has 10 rings (SSSR count). The highest BCUT2D eigenvalue weighted by Crippen LogP contribution is 2.35. The van der Waals surface area contributed by atoms with E-state index < -0.39 is 0 Å². The number of pyridine rings is 2. The Morgan fingerprint density at radius 1 is 0.590 bits per heavy atom. The van der Waals surface area contributed by atoms with Gasteiger partial charge >= 0.3 is 0 Å². The predicted molar refractivity (Wildman–Crippen MR) is 250 cm³/mol. The van der Waals surface area contributed by atoms with Gasteiger partial charge in [-0.15, -0.1) is 0 Å². The van der Waals surface area contributed by atoms with Gasteiger partial charge in [0.2, 0.25) is 0 Å². The Balaban J connectivity index is 0.000000142. The molecule has 0 aliphatic carbocycles. The van der Waals surface area contributed by atoms with Crippen molar-refractivity contribution in [1.29, 1.82) is 0 Å². The third-order valence-electron chi connectivity index (χ3n) is 9.55. The topological polar surface area (TPSA) is 160 Å². The van der Waals surface area contributed by atoms with Crippen LogP contribution in [0.15, 0.2) is 116 Å². The number of para-hydroxylation sites is 2. The van der Waals surface area contributed by atoms with E-state index in [1.165, 1.54) is 0 Å². The van der Waals surface area contributed by atoms with Crippen molar-refractivity contribution in [2.24, 2.45) is 5.73 Å². The summed E-state index contributed by atoms with van der Waals surface area (Å²) in [5, 5.41) is 9.23. The molecule has 0 fully saturated rings. The van der Waals surface area contributed by atoms with Crippen LogP contribution in [0.1, 0.15) is 22.8 Å². The predicted octanol–water partition coefficient (Wildman–Crippen LogP) is 12.4. The number of nitrogens with two attached hydrogens (primary N) is 1. The van der Waals surface area contributed by atoms with Crippen molar-refractivity contribution < 1.29 is 0 Å². The van der Waals surface area contributed by atoms with E-state index in [0.717, 1.165) is 72.0 Å². The summed E-state index contributed by atoms with van der Waals surface area (Å²) in [7, 11) is 0. The highest BCUT2D eigenvalue weighted by atomic mass is 35.5. The molecule has 0 saturated heterocycles. The van der Waals surface area contributed by atoms with E-state index >= 15 is 0 Å². The number of H-pyrrole nitrogens is 2. The van der Waals surface area contributed by atoms with E-state index in [1.54, 1.807) is 12.5 Å². The SMILES string of the molecule is Cc1nc(Cl)c2cc[nH]c2n1.Cc1nc(NCc2cc3cccc(Cl)c3nc2-c2ccccc2Cl)c2[nH]cnc2n1.NCc1cc2cccc(Cl)c2nc1-c1ccccc1Cl. The molecule has 0 unspecified atom stereocenters. The van der Waals surface area contributed by atoms with Gasteiger partial charge in [-0.05, 0) is 67.4 Å². The molecule has 0 saturated carbocycles. The average molecular weight is 906 g/mol. The van der Waals surface area contributed by atoms with Crippen LogP contribution in [0.5, 0.6) is 0 Å². The second kappa shape index (κ2) is 18.4. The number of nitrogens with one attached hydrogen (secondary N) is 3. The van der Waals surface area contributed by atoms with Crippen molar-refractivity contribution in [2.75, 3.05) is 5.32 Å².